The number of carbonyl (C=O) groups excluding carboxylic acids is 1. The first kappa shape index (κ1) is 12.9. The van der Waals surface area contributed by atoms with Gasteiger partial charge in [-0.2, -0.15) is 0 Å². The van der Waals surface area contributed by atoms with Gasteiger partial charge in [0.2, 0.25) is 5.91 Å². The molecule has 0 rings (SSSR count). The van der Waals surface area contributed by atoms with Crippen LogP contribution in [0.4, 0.5) is 0 Å². The Morgan fingerprint density at radius 3 is 2.46 bits per heavy atom. The minimum absolute atomic E-state index is 0.0665. The van der Waals surface area contributed by atoms with E-state index in [0.29, 0.717) is 0 Å². The molecule has 0 aliphatic rings. The average Bonchev–Trinajstić information content (AvgIpc) is 2.10. The first-order chi connectivity index (χ1) is 6.18. The molecule has 0 saturated heterocycles. The molecular weight excluding hydrogens is 230 g/mol. The van der Waals surface area contributed by atoms with Crippen LogP contribution in [0.2, 0.25) is 0 Å². The minimum Gasteiger partial charge on any atom is -0.355 e. The summed E-state index contributed by atoms with van der Waals surface area (Å²) >= 11 is 3.22. The van der Waals surface area contributed by atoms with Gasteiger partial charge in [0.25, 0.3) is 0 Å². The molecule has 13 heavy (non-hydrogen) atoms. The van der Waals surface area contributed by atoms with E-state index in [1.807, 2.05) is 6.92 Å². The van der Waals surface area contributed by atoms with E-state index in [2.05, 4.69) is 28.2 Å². The molecular formula is C10H20BrNO. The maximum atomic E-state index is 11.1. The van der Waals surface area contributed by atoms with Gasteiger partial charge < -0.3 is 5.32 Å². The summed E-state index contributed by atoms with van der Waals surface area (Å²) in [6.07, 6.45) is 6.19. The molecule has 1 amide bonds. The predicted molar refractivity (Wildman–Crippen MR) is 60.2 cm³/mol. The molecule has 0 unspecified atom stereocenters. The van der Waals surface area contributed by atoms with Crippen molar-refractivity contribution in [2.24, 2.45) is 0 Å². The Labute approximate surface area is 89.6 Å². The predicted octanol–water partition coefficient (Wildman–Crippen LogP) is 2.86. The van der Waals surface area contributed by atoms with Crippen LogP contribution < -0.4 is 5.32 Å². The Balaban J connectivity index is 3.12. The SMILES string of the molecule is CCCCCCCNC(=O)[C@H](C)Br. The molecule has 0 aromatic heterocycles. The van der Waals surface area contributed by atoms with Gasteiger partial charge in [0, 0.05) is 6.54 Å². The number of unbranched alkanes of at least 4 members (excludes halogenated alkanes) is 4. The van der Waals surface area contributed by atoms with Gasteiger partial charge in [-0.25, -0.2) is 0 Å². The van der Waals surface area contributed by atoms with E-state index in [-0.39, 0.29) is 10.7 Å². The molecule has 1 N–H and O–H groups in total. The molecule has 0 fully saturated rings. The van der Waals surface area contributed by atoms with Crippen molar-refractivity contribution in [2.45, 2.75) is 50.8 Å². The van der Waals surface area contributed by atoms with Crippen LogP contribution in [-0.4, -0.2) is 17.3 Å². The third kappa shape index (κ3) is 8.28. The lowest BCUT2D eigenvalue weighted by atomic mass is 10.1. The molecule has 0 aromatic rings. The van der Waals surface area contributed by atoms with Gasteiger partial charge in [-0.15, -0.1) is 0 Å². The van der Waals surface area contributed by atoms with Crippen LogP contribution in [0.3, 0.4) is 0 Å². The van der Waals surface area contributed by atoms with Crippen molar-refractivity contribution in [3.8, 4) is 0 Å². The van der Waals surface area contributed by atoms with E-state index >= 15 is 0 Å². The van der Waals surface area contributed by atoms with Crippen molar-refractivity contribution in [2.75, 3.05) is 6.54 Å². The highest BCUT2D eigenvalue weighted by atomic mass is 79.9. The van der Waals surface area contributed by atoms with Crippen molar-refractivity contribution in [3.05, 3.63) is 0 Å². The lowest BCUT2D eigenvalue weighted by Crippen LogP contribution is -2.30. The van der Waals surface area contributed by atoms with E-state index in [1.54, 1.807) is 0 Å². The number of hydrogen-bond donors (Lipinski definition) is 1. The maximum Gasteiger partial charge on any atom is 0.233 e. The second-order valence-electron chi connectivity index (χ2n) is 3.32. The Hall–Kier alpha value is -0.0500. The van der Waals surface area contributed by atoms with Crippen molar-refractivity contribution in [1.29, 1.82) is 0 Å². The first-order valence-corrected chi connectivity index (χ1v) is 6.01. The summed E-state index contributed by atoms with van der Waals surface area (Å²) < 4.78 is 0. The van der Waals surface area contributed by atoms with Crippen molar-refractivity contribution in [3.63, 3.8) is 0 Å². The average molecular weight is 250 g/mol. The number of amides is 1. The summed E-state index contributed by atoms with van der Waals surface area (Å²) in [4.78, 5) is 11.0. The third-order valence-corrected chi connectivity index (χ3v) is 2.36. The molecule has 0 saturated carbocycles. The van der Waals surface area contributed by atoms with Gasteiger partial charge in [-0.3, -0.25) is 4.79 Å². The first-order valence-electron chi connectivity index (χ1n) is 5.10. The van der Waals surface area contributed by atoms with Gasteiger partial charge >= 0.3 is 0 Å². The van der Waals surface area contributed by atoms with Crippen LogP contribution in [-0.2, 0) is 4.79 Å². The molecule has 0 aliphatic heterocycles. The van der Waals surface area contributed by atoms with Crippen LogP contribution in [0.5, 0.6) is 0 Å². The molecule has 0 radical (unpaired) electrons. The normalized spacial score (nSPS) is 12.5. The van der Waals surface area contributed by atoms with Gasteiger partial charge in [-0.05, 0) is 13.3 Å². The lowest BCUT2D eigenvalue weighted by molar-refractivity contribution is -0.120. The van der Waals surface area contributed by atoms with Crippen LogP contribution in [0.1, 0.15) is 46.0 Å². The standard InChI is InChI=1S/C10H20BrNO/c1-3-4-5-6-7-8-12-10(13)9(2)11/h9H,3-8H2,1-2H3,(H,12,13)/t9-/m0/s1. The number of halogens is 1. The smallest absolute Gasteiger partial charge is 0.233 e. The molecule has 0 heterocycles. The number of nitrogens with one attached hydrogen (secondary N) is 1. The second-order valence-corrected chi connectivity index (χ2v) is 4.69. The van der Waals surface area contributed by atoms with Gasteiger partial charge in [0.1, 0.15) is 0 Å². The van der Waals surface area contributed by atoms with Gasteiger partial charge in [0.15, 0.2) is 0 Å². The molecule has 0 aromatic carbocycles. The summed E-state index contributed by atoms with van der Waals surface area (Å²) in [6, 6.07) is 0. The molecule has 0 aliphatic carbocycles. The van der Waals surface area contributed by atoms with Crippen molar-refractivity contribution < 1.29 is 4.79 Å². The fraction of sp³-hybridized carbons (Fsp3) is 0.900. The largest absolute Gasteiger partial charge is 0.355 e. The second kappa shape index (κ2) is 8.54. The van der Waals surface area contributed by atoms with Crippen LogP contribution >= 0.6 is 15.9 Å². The Kier molecular flexibility index (Phi) is 8.51. The molecule has 2 nitrogen and oxygen atoms in total. The summed E-state index contributed by atoms with van der Waals surface area (Å²) in [7, 11) is 0. The zero-order valence-electron chi connectivity index (χ0n) is 8.61. The molecule has 0 bridgehead atoms. The van der Waals surface area contributed by atoms with Gasteiger partial charge in [0.05, 0.1) is 4.83 Å². The molecule has 1 atom stereocenters. The third-order valence-electron chi connectivity index (χ3n) is 1.94. The highest BCUT2D eigenvalue weighted by molar-refractivity contribution is 9.10. The summed E-state index contributed by atoms with van der Waals surface area (Å²) in [5.41, 5.74) is 0. The van der Waals surface area contributed by atoms with Crippen molar-refractivity contribution >= 4 is 21.8 Å². The number of rotatable bonds is 7. The topological polar surface area (TPSA) is 29.1 Å². The summed E-state index contributed by atoms with van der Waals surface area (Å²) in [5, 5.41) is 2.87. The Bertz CT molecular complexity index is 137. The monoisotopic (exact) mass is 249 g/mol. The molecule has 0 spiro atoms. The van der Waals surface area contributed by atoms with E-state index in [1.165, 1.54) is 25.7 Å². The van der Waals surface area contributed by atoms with Crippen LogP contribution in [0.25, 0.3) is 0 Å². The highest BCUT2D eigenvalue weighted by Gasteiger charge is 2.05. The zero-order valence-corrected chi connectivity index (χ0v) is 10.2. The van der Waals surface area contributed by atoms with Crippen molar-refractivity contribution in [1.82, 2.24) is 5.32 Å². The summed E-state index contributed by atoms with van der Waals surface area (Å²) in [6.45, 7) is 4.86. The Morgan fingerprint density at radius 2 is 1.92 bits per heavy atom. The van der Waals surface area contributed by atoms with E-state index in [9.17, 15) is 4.79 Å². The van der Waals surface area contributed by atoms with E-state index in [4.69, 9.17) is 0 Å². The number of carbonyl (C=O) groups is 1. The Morgan fingerprint density at radius 1 is 1.31 bits per heavy atom. The summed E-state index contributed by atoms with van der Waals surface area (Å²) in [5.74, 6) is 0.0930. The zero-order chi connectivity index (χ0) is 10.1. The fourth-order valence-electron chi connectivity index (χ4n) is 1.08. The lowest BCUT2D eigenvalue weighted by Gasteiger charge is -2.05. The minimum atomic E-state index is -0.0665. The van der Waals surface area contributed by atoms with Crippen LogP contribution in [0.15, 0.2) is 0 Å². The number of alkyl halides is 1. The van der Waals surface area contributed by atoms with Crippen LogP contribution in [0, 0.1) is 0 Å². The molecule has 78 valence electrons. The number of hydrogen-bond acceptors (Lipinski definition) is 1. The highest BCUT2D eigenvalue weighted by Crippen LogP contribution is 2.01. The van der Waals surface area contributed by atoms with E-state index in [0.717, 1.165) is 13.0 Å². The quantitative estimate of drug-likeness (QED) is 0.546. The van der Waals surface area contributed by atoms with E-state index < -0.39 is 0 Å². The molecule has 3 heteroatoms. The maximum absolute atomic E-state index is 11.1. The van der Waals surface area contributed by atoms with Gasteiger partial charge in [-0.1, -0.05) is 48.5 Å². The fourth-order valence-corrected chi connectivity index (χ4v) is 1.24.